The van der Waals surface area contributed by atoms with Crippen LogP contribution in [0.4, 0.5) is 4.39 Å². The van der Waals surface area contributed by atoms with Crippen LogP contribution in [0, 0.1) is 11.2 Å². The van der Waals surface area contributed by atoms with Crippen LogP contribution in [0.5, 0.6) is 0 Å². The van der Waals surface area contributed by atoms with E-state index >= 15 is 0 Å². The summed E-state index contributed by atoms with van der Waals surface area (Å²) in [6, 6.07) is 18.2. The third kappa shape index (κ3) is 3.45. The van der Waals surface area contributed by atoms with Gasteiger partial charge < -0.3 is 5.32 Å². The van der Waals surface area contributed by atoms with Crippen molar-refractivity contribution in [2.75, 3.05) is 19.6 Å². The zero-order valence-electron chi connectivity index (χ0n) is 17.5. The Hall–Kier alpha value is -2.20. The molecule has 1 spiro atoms. The number of piperidine rings is 1. The highest BCUT2D eigenvalue weighted by atomic mass is 19.1. The van der Waals surface area contributed by atoms with Crippen molar-refractivity contribution in [1.29, 1.82) is 0 Å². The van der Waals surface area contributed by atoms with Crippen molar-refractivity contribution in [1.82, 2.24) is 10.2 Å². The molecule has 1 saturated carbocycles. The van der Waals surface area contributed by atoms with Crippen LogP contribution in [-0.4, -0.2) is 36.5 Å². The Morgan fingerprint density at radius 1 is 0.900 bits per heavy atom. The van der Waals surface area contributed by atoms with Crippen molar-refractivity contribution >= 4 is 5.91 Å². The number of nitrogens with one attached hydrogen (secondary N) is 1. The zero-order chi connectivity index (χ0) is 20.6. The van der Waals surface area contributed by atoms with Crippen molar-refractivity contribution in [2.45, 2.75) is 56.4 Å². The van der Waals surface area contributed by atoms with Gasteiger partial charge >= 0.3 is 0 Å². The second-order valence-corrected chi connectivity index (χ2v) is 9.38. The van der Waals surface area contributed by atoms with Crippen LogP contribution in [0.2, 0.25) is 0 Å². The van der Waals surface area contributed by atoms with Crippen molar-refractivity contribution in [3.05, 3.63) is 71.5 Å². The first-order valence-corrected chi connectivity index (χ1v) is 11.5. The molecule has 2 aromatic carbocycles. The molecule has 5 rings (SSSR count). The quantitative estimate of drug-likeness (QED) is 0.790. The van der Waals surface area contributed by atoms with Gasteiger partial charge in [0.2, 0.25) is 5.91 Å². The third-order valence-electron chi connectivity index (χ3n) is 7.97. The molecule has 0 aromatic heterocycles. The van der Waals surface area contributed by atoms with E-state index in [-0.39, 0.29) is 23.1 Å². The summed E-state index contributed by atoms with van der Waals surface area (Å²) < 4.78 is 13.4. The molecule has 1 amide bonds. The number of carbonyl (C=O) groups excluding carboxylic acids is 1. The predicted molar refractivity (Wildman–Crippen MR) is 117 cm³/mol. The van der Waals surface area contributed by atoms with Gasteiger partial charge in [0.1, 0.15) is 5.82 Å². The second kappa shape index (κ2) is 8.14. The van der Waals surface area contributed by atoms with E-state index in [4.69, 9.17) is 0 Å². The van der Waals surface area contributed by atoms with Crippen molar-refractivity contribution in [3.63, 3.8) is 0 Å². The summed E-state index contributed by atoms with van der Waals surface area (Å²) in [6.07, 6.45) is 6.72. The fourth-order valence-corrected chi connectivity index (χ4v) is 6.32. The number of halogens is 1. The molecular formula is C26H31FN2O. The van der Waals surface area contributed by atoms with Crippen LogP contribution in [0.25, 0.3) is 0 Å². The lowest BCUT2D eigenvalue weighted by Crippen LogP contribution is -2.51. The van der Waals surface area contributed by atoms with Crippen LogP contribution in [-0.2, 0) is 4.79 Å². The smallest absolute Gasteiger partial charge is 0.227 e. The first-order valence-electron chi connectivity index (χ1n) is 11.5. The maximum absolute atomic E-state index is 13.4. The van der Waals surface area contributed by atoms with Gasteiger partial charge in [-0.1, -0.05) is 55.3 Å². The molecule has 158 valence electrons. The molecule has 3 atom stereocenters. The number of carbonyl (C=O) groups is 1. The van der Waals surface area contributed by atoms with Gasteiger partial charge in [-0.05, 0) is 68.0 Å². The van der Waals surface area contributed by atoms with E-state index in [9.17, 15) is 9.18 Å². The minimum absolute atomic E-state index is 0.162. The van der Waals surface area contributed by atoms with Crippen LogP contribution in [0.1, 0.15) is 61.5 Å². The molecular weight excluding hydrogens is 375 g/mol. The molecule has 2 heterocycles. The Balaban J connectivity index is 1.34. The lowest BCUT2D eigenvalue weighted by molar-refractivity contribution is -0.131. The van der Waals surface area contributed by atoms with E-state index in [2.05, 4.69) is 34.5 Å². The van der Waals surface area contributed by atoms with Crippen LogP contribution < -0.4 is 5.32 Å². The van der Waals surface area contributed by atoms with Gasteiger partial charge in [-0.15, -0.1) is 0 Å². The molecule has 2 aliphatic heterocycles. The van der Waals surface area contributed by atoms with Gasteiger partial charge in [-0.2, -0.15) is 0 Å². The third-order valence-corrected chi connectivity index (χ3v) is 7.97. The fourth-order valence-electron chi connectivity index (χ4n) is 6.32. The molecule has 2 unspecified atom stereocenters. The predicted octanol–water partition coefficient (Wildman–Crippen LogP) is 4.85. The van der Waals surface area contributed by atoms with Gasteiger partial charge in [-0.25, -0.2) is 4.39 Å². The SMILES string of the molecule is O=C1NC[C@H](c2ccccc2)C12CCN(C1CCCCC1c1ccc(F)cc1)CC2. The summed E-state index contributed by atoms with van der Waals surface area (Å²) in [4.78, 5) is 15.6. The number of nitrogens with zero attached hydrogens (tertiary/aromatic N) is 1. The highest BCUT2D eigenvalue weighted by molar-refractivity contribution is 5.86. The summed E-state index contributed by atoms with van der Waals surface area (Å²) in [5.41, 5.74) is 2.28. The summed E-state index contributed by atoms with van der Waals surface area (Å²) in [5.74, 6) is 0.822. The van der Waals surface area contributed by atoms with Crippen molar-refractivity contribution < 1.29 is 9.18 Å². The second-order valence-electron chi connectivity index (χ2n) is 9.38. The first-order chi connectivity index (χ1) is 14.7. The van der Waals surface area contributed by atoms with E-state index < -0.39 is 0 Å². The molecule has 30 heavy (non-hydrogen) atoms. The Labute approximate surface area is 178 Å². The number of hydrogen-bond donors (Lipinski definition) is 1. The molecule has 1 N–H and O–H groups in total. The molecule has 0 bridgehead atoms. The van der Waals surface area contributed by atoms with Gasteiger partial charge in [0.25, 0.3) is 0 Å². The maximum Gasteiger partial charge on any atom is 0.227 e. The Kier molecular flexibility index (Phi) is 5.36. The van der Waals surface area contributed by atoms with Gasteiger partial charge in [0.05, 0.1) is 5.41 Å². The molecule has 2 saturated heterocycles. The highest BCUT2D eigenvalue weighted by Crippen LogP contribution is 2.49. The summed E-state index contributed by atoms with van der Waals surface area (Å²) in [7, 11) is 0. The monoisotopic (exact) mass is 406 g/mol. The minimum atomic E-state index is -0.266. The standard InChI is InChI=1S/C26H31FN2O/c27-21-12-10-19(11-13-21)22-8-4-5-9-24(22)29-16-14-26(15-17-29)23(18-28-25(26)30)20-6-2-1-3-7-20/h1-3,6-7,10-13,22-24H,4-5,8-9,14-18H2,(H,28,30)/t22?,23-,24?/m1/s1. The zero-order valence-corrected chi connectivity index (χ0v) is 17.5. The van der Waals surface area contributed by atoms with E-state index in [1.54, 1.807) is 12.1 Å². The molecule has 3 aliphatic rings. The van der Waals surface area contributed by atoms with Gasteiger partial charge in [0, 0.05) is 18.5 Å². The van der Waals surface area contributed by atoms with E-state index in [1.165, 1.54) is 36.8 Å². The average Bonchev–Trinajstić information content (AvgIpc) is 3.11. The van der Waals surface area contributed by atoms with E-state index in [0.717, 1.165) is 32.5 Å². The lowest BCUT2D eigenvalue weighted by atomic mass is 9.67. The largest absolute Gasteiger partial charge is 0.355 e. The molecule has 1 aliphatic carbocycles. The van der Waals surface area contributed by atoms with Crippen molar-refractivity contribution in [3.8, 4) is 0 Å². The van der Waals surface area contributed by atoms with Crippen molar-refractivity contribution in [2.24, 2.45) is 5.41 Å². The molecule has 4 heteroatoms. The maximum atomic E-state index is 13.4. The summed E-state index contributed by atoms with van der Waals surface area (Å²) in [5, 5.41) is 3.17. The average molecular weight is 407 g/mol. The molecule has 3 fully saturated rings. The highest BCUT2D eigenvalue weighted by Gasteiger charge is 2.52. The van der Waals surface area contributed by atoms with E-state index in [1.807, 2.05) is 18.2 Å². The summed E-state index contributed by atoms with van der Waals surface area (Å²) >= 11 is 0. The number of rotatable bonds is 3. The topological polar surface area (TPSA) is 32.3 Å². The normalized spacial score (nSPS) is 29.1. The first kappa shape index (κ1) is 19.7. The van der Waals surface area contributed by atoms with E-state index in [0.29, 0.717) is 12.0 Å². The van der Waals surface area contributed by atoms with Crippen LogP contribution in [0.3, 0.4) is 0 Å². The Morgan fingerprint density at radius 2 is 1.60 bits per heavy atom. The molecule has 0 radical (unpaired) electrons. The Morgan fingerprint density at radius 3 is 2.33 bits per heavy atom. The Bertz CT molecular complexity index is 874. The molecule has 2 aromatic rings. The lowest BCUT2D eigenvalue weighted by Gasteiger charge is -2.47. The minimum Gasteiger partial charge on any atom is -0.355 e. The van der Waals surface area contributed by atoms with Gasteiger partial charge in [0.15, 0.2) is 0 Å². The number of benzene rings is 2. The number of hydrogen-bond acceptors (Lipinski definition) is 2. The molecule has 3 nitrogen and oxygen atoms in total. The summed E-state index contributed by atoms with van der Waals surface area (Å²) in [6.45, 7) is 2.70. The fraction of sp³-hybridized carbons (Fsp3) is 0.500. The number of likely N-dealkylation sites (tertiary alicyclic amines) is 1. The van der Waals surface area contributed by atoms with Gasteiger partial charge in [-0.3, -0.25) is 9.69 Å². The van der Waals surface area contributed by atoms with Crippen LogP contribution in [0.15, 0.2) is 54.6 Å². The number of amides is 1. The van der Waals surface area contributed by atoms with Crippen LogP contribution >= 0.6 is 0 Å².